The predicted molar refractivity (Wildman–Crippen MR) is 66.7 cm³/mol. The summed E-state index contributed by atoms with van der Waals surface area (Å²) in [4.78, 5) is 4.30. The van der Waals surface area contributed by atoms with Gasteiger partial charge in [-0.1, -0.05) is 19.9 Å². The Morgan fingerprint density at radius 3 is 2.88 bits per heavy atom. The molecule has 2 rings (SSSR count). The molecule has 16 heavy (non-hydrogen) atoms. The Balaban J connectivity index is 2.40. The molecule has 3 heteroatoms. The average molecular weight is 216 g/mol. The van der Waals surface area contributed by atoms with Crippen LogP contribution in [-0.2, 0) is 0 Å². The second-order valence-corrected chi connectivity index (χ2v) is 4.34. The van der Waals surface area contributed by atoms with Gasteiger partial charge < -0.3 is 10.4 Å². The van der Waals surface area contributed by atoms with E-state index in [2.05, 4.69) is 24.1 Å². The van der Waals surface area contributed by atoms with Crippen LogP contribution in [0.25, 0.3) is 10.8 Å². The molecule has 0 radical (unpaired) electrons. The van der Waals surface area contributed by atoms with Crippen molar-refractivity contribution in [3.63, 3.8) is 0 Å². The molecule has 1 aromatic heterocycles. The lowest BCUT2D eigenvalue weighted by atomic mass is 10.1. The van der Waals surface area contributed by atoms with Crippen LogP contribution >= 0.6 is 0 Å². The van der Waals surface area contributed by atoms with E-state index in [0.717, 1.165) is 23.1 Å². The predicted octanol–water partition coefficient (Wildman–Crippen LogP) is 3.01. The number of hydrogen-bond acceptors (Lipinski definition) is 3. The maximum absolute atomic E-state index is 9.48. The van der Waals surface area contributed by atoms with Gasteiger partial charge >= 0.3 is 0 Å². The largest absolute Gasteiger partial charge is 0.508 e. The number of benzene rings is 1. The molecule has 2 aromatic rings. The van der Waals surface area contributed by atoms with Gasteiger partial charge in [0.1, 0.15) is 11.6 Å². The Kier molecular flexibility index (Phi) is 2.95. The topological polar surface area (TPSA) is 45.2 Å². The number of phenols is 1. The first-order chi connectivity index (χ1) is 7.66. The molecule has 0 aliphatic rings. The molecule has 0 saturated heterocycles. The van der Waals surface area contributed by atoms with Crippen LogP contribution in [0.5, 0.6) is 5.75 Å². The smallest absolute Gasteiger partial charge is 0.133 e. The zero-order valence-electron chi connectivity index (χ0n) is 9.57. The monoisotopic (exact) mass is 216 g/mol. The third kappa shape index (κ3) is 2.24. The number of anilines is 1. The van der Waals surface area contributed by atoms with Crippen molar-refractivity contribution in [2.24, 2.45) is 5.92 Å². The third-order valence-corrected chi connectivity index (χ3v) is 2.43. The van der Waals surface area contributed by atoms with E-state index in [-0.39, 0.29) is 5.75 Å². The molecule has 0 spiro atoms. The number of nitrogens with one attached hydrogen (secondary N) is 1. The summed E-state index contributed by atoms with van der Waals surface area (Å²) >= 11 is 0. The molecular weight excluding hydrogens is 200 g/mol. The van der Waals surface area contributed by atoms with Gasteiger partial charge in [-0.25, -0.2) is 4.98 Å². The highest BCUT2D eigenvalue weighted by molar-refractivity contribution is 5.92. The van der Waals surface area contributed by atoms with Crippen LogP contribution in [0.15, 0.2) is 30.5 Å². The van der Waals surface area contributed by atoms with Crippen molar-refractivity contribution in [3.8, 4) is 5.75 Å². The number of fused-ring (bicyclic) bond motifs is 1. The maximum Gasteiger partial charge on any atom is 0.133 e. The standard InChI is InChI=1S/C13H16N2O/c1-9(2)8-15-13-12-7-11(16)4-3-10(12)5-6-14-13/h3-7,9,16H,8H2,1-2H3,(H,14,15). The van der Waals surface area contributed by atoms with Gasteiger partial charge in [-0.2, -0.15) is 0 Å². The average Bonchev–Trinajstić information content (AvgIpc) is 2.26. The zero-order chi connectivity index (χ0) is 11.5. The van der Waals surface area contributed by atoms with Gasteiger partial charge in [0.05, 0.1) is 0 Å². The molecule has 0 saturated carbocycles. The van der Waals surface area contributed by atoms with Crippen LogP contribution in [0.1, 0.15) is 13.8 Å². The Morgan fingerprint density at radius 2 is 2.12 bits per heavy atom. The van der Waals surface area contributed by atoms with Crippen LogP contribution in [0.4, 0.5) is 5.82 Å². The van der Waals surface area contributed by atoms with Crippen molar-refractivity contribution in [1.29, 1.82) is 0 Å². The fraction of sp³-hybridized carbons (Fsp3) is 0.308. The van der Waals surface area contributed by atoms with E-state index in [1.807, 2.05) is 12.1 Å². The van der Waals surface area contributed by atoms with Crippen LogP contribution < -0.4 is 5.32 Å². The van der Waals surface area contributed by atoms with Gasteiger partial charge in [-0.05, 0) is 29.5 Å². The number of pyridine rings is 1. The van der Waals surface area contributed by atoms with Gasteiger partial charge in [0.2, 0.25) is 0 Å². The molecular formula is C13H16N2O. The molecule has 0 amide bonds. The molecule has 0 aliphatic heterocycles. The first kappa shape index (κ1) is 10.7. The number of aromatic nitrogens is 1. The summed E-state index contributed by atoms with van der Waals surface area (Å²) in [6, 6.07) is 7.27. The highest BCUT2D eigenvalue weighted by atomic mass is 16.3. The van der Waals surface area contributed by atoms with Crippen molar-refractivity contribution in [2.45, 2.75) is 13.8 Å². The van der Waals surface area contributed by atoms with Crippen molar-refractivity contribution in [2.75, 3.05) is 11.9 Å². The quantitative estimate of drug-likeness (QED) is 0.829. The van der Waals surface area contributed by atoms with Crippen LogP contribution in [0.3, 0.4) is 0 Å². The van der Waals surface area contributed by atoms with E-state index in [9.17, 15) is 5.11 Å². The summed E-state index contributed by atoms with van der Waals surface area (Å²) in [5, 5.41) is 14.8. The van der Waals surface area contributed by atoms with Crippen molar-refractivity contribution in [3.05, 3.63) is 30.5 Å². The number of aromatic hydroxyl groups is 1. The molecule has 0 bridgehead atoms. The first-order valence-electron chi connectivity index (χ1n) is 5.48. The molecule has 1 aromatic carbocycles. The zero-order valence-corrected chi connectivity index (χ0v) is 9.57. The van der Waals surface area contributed by atoms with Crippen LogP contribution in [0.2, 0.25) is 0 Å². The van der Waals surface area contributed by atoms with Crippen molar-refractivity contribution in [1.82, 2.24) is 4.98 Å². The number of rotatable bonds is 3. The summed E-state index contributed by atoms with van der Waals surface area (Å²) in [5.74, 6) is 1.67. The third-order valence-electron chi connectivity index (χ3n) is 2.43. The minimum absolute atomic E-state index is 0.271. The van der Waals surface area contributed by atoms with Gasteiger partial charge in [-0.3, -0.25) is 0 Å². The molecule has 2 N–H and O–H groups in total. The Hall–Kier alpha value is -1.77. The summed E-state index contributed by atoms with van der Waals surface area (Å²) in [5.41, 5.74) is 0. The summed E-state index contributed by atoms with van der Waals surface area (Å²) in [6.45, 7) is 5.17. The number of phenolic OH excluding ortho intramolecular Hbond substituents is 1. The second-order valence-electron chi connectivity index (χ2n) is 4.34. The Morgan fingerprint density at radius 1 is 1.31 bits per heavy atom. The van der Waals surface area contributed by atoms with E-state index in [1.165, 1.54) is 0 Å². The number of hydrogen-bond donors (Lipinski definition) is 2. The van der Waals surface area contributed by atoms with Crippen molar-refractivity contribution < 1.29 is 5.11 Å². The number of nitrogens with zero attached hydrogens (tertiary/aromatic N) is 1. The van der Waals surface area contributed by atoms with E-state index >= 15 is 0 Å². The van der Waals surface area contributed by atoms with Crippen molar-refractivity contribution >= 4 is 16.6 Å². The second kappa shape index (κ2) is 4.39. The van der Waals surface area contributed by atoms with Gasteiger partial charge in [0.25, 0.3) is 0 Å². The van der Waals surface area contributed by atoms with E-state index in [1.54, 1.807) is 18.3 Å². The lowest BCUT2D eigenvalue weighted by Crippen LogP contribution is -2.09. The molecule has 0 atom stereocenters. The lowest BCUT2D eigenvalue weighted by molar-refractivity contribution is 0.476. The fourth-order valence-corrected chi connectivity index (χ4v) is 1.60. The summed E-state index contributed by atoms with van der Waals surface area (Å²) < 4.78 is 0. The van der Waals surface area contributed by atoms with Crippen LogP contribution in [0, 0.1) is 5.92 Å². The molecule has 84 valence electrons. The molecule has 1 heterocycles. The highest BCUT2D eigenvalue weighted by Gasteiger charge is 2.03. The molecule has 0 aliphatic carbocycles. The normalized spacial score (nSPS) is 10.9. The van der Waals surface area contributed by atoms with Gasteiger partial charge in [0, 0.05) is 18.1 Å². The minimum Gasteiger partial charge on any atom is -0.508 e. The maximum atomic E-state index is 9.48. The SMILES string of the molecule is CC(C)CNc1nccc2ccc(O)cc12. The van der Waals surface area contributed by atoms with Gasteiger partial charge in [-0.15, -0.1) is 0 Å². The molecule has 3 nitrogen and oxygen atoms in total. The first-order valence-corrected chi connectivity index (χ1v) is 5.48. The van der Waals surface area contributed by atoms with E-state index in [0.29, 0.717) is 5.92 Å². The van der Waals surface area contributed by atoms with E-state index < -0.39 is 0 Å². The fourth-order valence-electron chi connectivity index (χ4n) is 1.60. The lowest BCUT2D eigenvalue weighted by Gasteiger charge is -2.10. The van der Waals surface area contributed by atoms with Crippen LogP contribution in [-0.4, -0.2) is 16.6 Å². The summed E-state index contributed by atoms with van der Waals surface area (Å²) in [6.07, 6.45) is 1.78. The molecule has 0 unspecified atom stereocenters. The highest BCUT2D eigenvalue weighted by Crippen LogP contribution is 2.25. The van der Waals surface area contributed by atoms with E-state index in [4.69, 9.17) is 0 Å². The minimum atomic E-state index is 0.271. The Labute approximate surface area is 95.1 Å². The Bertz CT molecular complexity index is 494. The van der Waals surface area contributed by atoms with Gasteiger partial charge in [0.15, 0.2) is 0 Å². The summed E-state index contributed by atoms with van der Waals surface area (Å²) in [7, 11) is 0. The molecule has 0 fully saturated rings.